The molecule has 0 saturated heterocycles. The average molecular weight is 378 g/mol. The van der Waals surface area contributed by atoms with Crippen LogP contribution < -0.4 is 5.56 Å². The predicted octanol–water partition coefficient (Wildman–Crippen LogP) is 4.23. The molecule has 3 N–H and O–H groups in total. The number of benzene rings is 1. The smallest absolute Gasteiger partial charge is 0.253 e. The Labute approximate surface area is 164 Å². The number of aliphatic hydroxyl groups is 1. The summed E-state index contributed by atoms with van der Waals surface area (Å²) >= 11 is 0. The van der Waals surface area contributed by atoms with Crippen LogP contribution in [0.4, 0.5) is 0 Å². The number of nitrogens with zero attached hydrogens (tertiary/aromatic N) is 1. The second kappa shape index (κ2) is 9.33. The summed E-state index contributed by atoms with van der Waals surface area (Å²) < 4.78 is 0. The number of H-pyrrole nitrogens is 1. The van der Waals surface area contributed by atoms with Crippen molar-refractivity contribution < 1.29 is 10.2 Å². The highest BCUT2D eigenvalue weighted by Gasteiger charge is 2.14. The zero-order chi connectivity index (χ0) is 19.9. The van der Waals surface area contributed by atoms with E-state index < -0.39 is 6.10 Å². The van der Waals surface area contributed by atoms with E-state index in [4.69, 9.17) is 0 Å². The lowest BCUT2D eigenvalue weighted by Gasteiger charge is -2.14. The molecule has 2 aromatic heterocycles. The van der Waals surface area contributed by atoms with Crippen molar-refractivity contribution in [3.63, 3.8) is 0 Å². The molecule has 2 atom stereocenters. The van der Waals surface area contributed by atoms with Crippen LogP contribution in [0.5, 0.6) is 5.75 Å². The van der Waals surface area contributed by atoms with E-state index >= 15 is 0 Å². The van der Waals surface area contributed by atoms with Gasteiger partial charge < -0.3 is 15.2 Å². The van der Waals surface area contributed by atoms with Crippen LogP contribution in [0, 0.1) is 5.92 Å². The molecule has 0 bridgehead atoms. The van der Waals surface area contributed by atoms with Crippen molar-refractivity contribution in [2.45, 2.75) is 38.7 Å². The summed E-state index contributed by atoms with van der Waals surface area (Å²) in [7, 11) is 0. The second-order valence-electron chi connectivity index (χ2n) is 7.33. The van der Waals surface area contributed by atoms with Crippen LogP contribution in [0.25, 0.3) is 11.1 Å². The Balaban J connectivity index is 1.56. The van der Waals surface area contributed by atoms with Crippen molar-refractivity contribution in [3.8, 4) is 16.9 Å². The monoisotopic (exact) mass is 378 g/mol. The lowest BCUT2D eigenvalue weighted by molar-refractivity contribution is 0.160. The van der Waals surface area contributed by atoms with Gasteiger partial charge in [-0.25, -0.2) is 0 Å². The van der Waals surface area contributed by atoms with Gasteiger partial charge in [0.1, 0.15) is 5.75 Å². The first-order chi connectivity index (χ1) is 13.5. The molecule has 0 fully saturated rings. The first kappa shape index (κ1) is 19.8. The summed E-state index contributed by atoms with van der Waals surface area (Å²) in [6, 6.07) is 12.8. The van der Waals surface area contributed by atoms with E-state index in [1.54, 1.807) is 36.8 Å². The van der Waals surface area contributed by atoms with Crippen molar-refractivity contribution in [2.75, 3.05) is 0 Å². The normalized spacial score (nSPS) is 13.2. The van der Waals surface area contributed by atoms with Gasteiger partial charge in [0.2, 0.25) is 0 Å². The van der Waals surface area contributed by atoms with Crippen molar-refractivity contribution in [1.82, 2.24) is 9.97 Å². The molecule has 3 aromatic rings. The van der Waals surface area contributed by atoms with E-state index in [9.17, 15) is 15.0 Å². The molecule has 0 aliphatic heterocycles. The van der Waals surface area contributed by atoms with E-state index in [1.807, 2.05) is 24.3 Å². The second-order valence-corrected chi connectivity index (χ2v) is 7.33. The molecule has 5 nitrogen and oxygen atoms in total. The average Bonchev–Trinajstić information content (AvgIpc) is 2.70. The summed E-state index contributed by atoms with van der Waals surface area (Å²) in [6.45, 7) is 2.18. The van der Waals surface area contributed by atoms with Crippen molar-refractivity contribution >= 4 is 0 Å². The van der Waals surface area contributed by atoms with E-state index in [2.05, 4.69) is 16.9 Å². The fourth-order valence-corrected chi connectivity index (χ4v) is 3.41. The number of phenolic OH excluding ortho intramolecular Hbond substituents is 1. The number of rotatable bonds is 8. The molecular formula is C23H26N2O3. The molecular weight excluding hydrogens is 352 g/mol. The van der Waals surface area contributed by atoms with Gasteiger partial charge in [-0.05, 0) is 65.8 Å². The summed E-state index contributed by atoms with van der Waals surface area (Å²) in [5, 5.41) is 19.9. The maximum Gasteiger partial charge on any atom is 0.253 e. The summed E-state index contributed by atoms with van der Waals surface area (Å²) in [5.41, 5.74) is 3.15. The highest BCUT2D eigenvalue weighted by atomic mass is 16.3. The minimum absolute atomic E-state index is 0.248. The van der Waals surface area contributed by atoms with Crippen LogP contribution in [-0.4, -0.2) is 20.2 Å². The number of phenols is 1. The number of nitrogens with one attached hydrogen (secondary N) is 1. The molecule has 0 radical (unpaired) electrons. The van der Waals surface area contributed by atoms with E-state index in [1.165, 1.54) is 5.56 Å². The molecule has 2 heterocycles. The maximum absolute atomic E-state index is 12.2. The van der Waals surface area contributed by atoms with Crippen LogP contribution in [0.15, 0.2) is 65.8 Å². The predicted molar refractivity (Wildman–Crippen MR) is 110 cm³/mol. The van der Waals surface area contributed by atoms with Crippen LogP contribution in [-0.2, 0) is 6.42 Å². The molecule has 0 aliphatic carbocycles. The quantitative estimate of drug-likeness (QED) is 0.548. The van der Waals surface area contributed by atoms with Crippen LogP contribution in [0.1, 0.15) is 43.4 Å². The van der Waals surface area contributed by atoms with Crippen LogP contribution in [0.2, 0.25) is 0 Å². The lowest BCUT2D eigenvalue weighted by atomic mass is 9.94. The van der Waals surface area contributed by atoms with E-state index in [-0.39, 0.29) is 11.3 Å². The number of hydrogen-bond donors (Lipinski definition) is 3. The number of aromatic nitrogens is 2. The minimum Gasteiger partial charge on any atom is -0.508 e. The van der Waals surface area contributed by atoms with Gasteiger partial charge in [-0.3, -0.25) is 9.78 Å². The van der Waals surface area contributed by atoms with E-state index in [0.29, 0.717) is 17.9 Å². The Kier molecular flexibility index (Phi) is 6.61. The topological polar surface area (TPSA) is 86.2 Å². The van der Waals surface area contributed by atoms with Crippen LogP contribution >= 0.6 is 0 Å². The van der Waals surface area contributed by atoms with Gasteiger partial charge in [0.05, 0.1) is 6.10 Å². The first-order valence-corrected chi connectivity index (χ1v) is 9.62. The number of pyridine rings is 2. The van der Waals surface area contributed by atoms with Gasteiger partial charge in [0, 0.05) is 24.2 Å². The van der Waals surface area contributed by atoms with Crippen molar-refractivity contribution in [1.29, 1.82) is 0 Å². The number of aliphatic hydroxyl groups excluding tert-OH is 1. The standard InChI is InChI=1S/C23H26N2O3/c1-16(13-17-5-7-20(26)8-6-17)3-2-4-22(27)21-14-19(15-25-23(21)28)18-9-11-24-12-10-18/h5-12,14-16,22,26-27H,2-4,13H2,1H3,(H,25,28). The third-order valence-electron chi connectivity index (χ3n) is 5.00. The van der Waals surface area contributed by atoms with Gasteiger partial charge >= 0.3 is 0 Å². The zero-order valence-corrected chi connectivity index (χ0v) is 16.0. The molecule has 0 saturated carbocycles. The van der Waals surface area contributed by atoms with Crippen LogP contribution in [0.3, 0.4) is 0 Å². The SMILES string of the molecule is CC(CCCC(O)c1cc(-c2ccncc2)c[nH]c1=O)Cc1ccc(O)cc1. The third kappa shape index (κ3) is 5.30. The van der Waals surface area contributed by atoms with Crippen molar-refractivity contribution in [3.05, 3.63) is 82.5 Å². The van der Waals surface area contributed by atoms with E-state index in [0.717, 1.165) is 30.4 Å². The highest BCUT2D eigenvalue weighted by molar-refractivity contribution is 5.62. The molecule has 2 unspecified atom stereocenters. The lowest BCUT2D eigenvalue weighted by Crippen LogP contribution is -2.16. The number of aromatic hydroxyl groups is 1. The largest absolute Gasteiger partial charge is 0.508 e. The maximum atomic E-state index is 12.2. The molecule has 0 amide bonds. The molecule has 5 heteroatoms. The first-order valence-electron chi connectivity index (χ1n) is 9.62. The molecule has 28 heavy (non-hydrogen) atoms. The Bertz CT molecular complexity index is 936. The van der Waals surface area contributed by atoms with Gasteiger partial charge in [0.25, 0.3) is 5.56 Å². The van der Waals surface area contributed by atoms with Gasteiger partial charge in [-0.15, -0.1) is 0 Å². The summed E-state index contributed by atoms with van der Waals surface area (Å²) in [4.78, 5) is 18.9. The Hall–Kier alpha value is -2.92. The van der Waals surface area contributed by atoms with Gasteiger partial charge in [-0.2, -0.15) is 0 Å². The molecule has 0 aliphatic rings. The Morgan fingerprint density at radius 1 is 1.04 bits per heavy atom. The molecule has 0 spiro atoms. The fraction of sp³-hybridized carbons (Fsp3) is 0.304. The summed E-state index contributed by atoms with van der Waals surface area (Å²) in [5.74, 6) is 0.733. The zero-order valence-electron chi connectivity index (χ0n) is 16.0. The summed E-state index contributed by atoms with van der Waals surface area (Å²) in [6.07, 6.45) is 7.54. The molecule has 1 aromatic carbocycles. The van der Waals surface area contributed by atoms with Crippen molar-refractivity contribution in [2.24, 2.45) is 5.92 Å². The van der Waals surface area contributed by atoms with Gasteiger partial charge in [0.15, 0.2) is 0 Å². The number of hydrogen-bond acceptors (Lipinski definition) is 4. The molecule has 146 valence electrons. The third-order valence-corrected chi connectivity index (χ3v) is 5.00. The number of aromatic amines is 1. The molecule has 3 rings (SSSR count). The fourth-order valence-electron chi connectivity index (χ4n) is 3.41. The Morgan fingerprint density at radius 3 is 2.46 bits per heavy atom. The minimum atomic E-state index is -0.786. The van der Waals surface area contributed by atoms with Gasteiger partial charge in [-0.1, -0.05) is 31.9 Å². The highest BCUT2D eigenvalue weighted by Crippen LogP contribution is 2.24. The Morgan fingerprint density at radius 2 is 1.75 bits per heavy atom.